The number of ether oxygens (including phenoxy) is 2. The van der Waals surface area contributed by atoms with Crippen molar-refractivity contribution in [3.8, 4) is 5.75 Å². The molecule has 1 saturated carbocycles. The molecule has 0 N–H and O–H groups in total. The number of hydrogen-bond donors (Lipinski definition) is 0. The van der Waals surface area contributed by atoms with E-state index in [-0.39, 0.29) is 23.7 Å². The summed E-state index contributed by atoms with van der Waals surface area (Å²) < 4.78 is 37.3. The van der Waals surface area contributed by atoms with Crippen molar-refractivity contribution in [2.75, 3.05) is 6.61 Å². The van der Waals surface area contributed by atoms with Gasteiger partial charge in [-0.15, -0.1) is 0 Å². The summed E-state index contributed by atoms with van der Waals surface area (Å²) in [5.41, 5.74) is 0. The Balaban J connectivity index is 1.90. The van der Waals surface area contributed by atoms with Crippen LogP contribution in [0, 0.1) is 17.6 Å². The molecule has 0 bridgehead atoms. The number of rotatable bonds is 4. The average Bonchev–Trinajstić information content (AvgIpc) is 2.44. The highest BCUT2D eigenvalue weighted by Crippen LogP contribution is 2.30. The van der Waals surface area contributed by atoms with Crippen molar-refractivity contribution >= 4 is 5.97 Å². The maximum absolute atomic E-state index is 13.5. The zero-order valence-electron chi connectivity index (χ0n) is 11.4. The molecule has 0 aliphatic heterocycles. The summed E-state index contributed by atoms with van der Waals surface area (Å²) >= 11 is 0. The smallest absolute Gasteiger partial charge is 0.308 e. The van der Waals surface area contributed by atoms with Crippen molar-refractivity contribution in [1.82, 2.24) is 0 Å². The highest BCUT2D eigenvalue weighted by atomic mass is 19.1. The first kappa shape index (κ1) is 14.8. The van der Waals surface area contributed by atoms with Crippen LogP contribution in [0.1, 0.15) is 32.6 Å². The summed E-state index contributed by atoms with van der Waals surface area (Å²) in [5, 5.41) is 0. The second-order valence-corrected chi connectivity index (χ2v) is 4.89. The van der Waals surface area contributed by atoms with Crippen LogP contribution in [0.4, 0.5) is 8.78 Å². The lowest BCUT2D eigenvalue weighted by molar-refractivity contribution is -0.149. The fraction of sp³-hybridized carbons (Fsp3) is 0.533. The molecule has 0 atom stereocenters. The molecule has 20 heavy (non-hydrogen) atoms. The predicted octanol–water partition coefficient (Wildman–Crippen LogP) is 3.47. The number of hydrogen-bond acceptors (Lipinski definition) is 3. The van der Waals surface area contributed by atoms with E-state index in [0.717, 1.165) is 0 Å². The lowest BCUT2D eigenvalue weighted by Crippen LogP contribution is -2.29. The largest absolute Gasteiger partial charge is 0.484 e. The summed E-state index contributed by atoms with van der Waals surface area (Å²) in [7, 11) is 0. The van der Waals surface area contributed by atoms with E-state index in [9.17, 15) is 13.6 Å². The van der Waals surface area contributed by atoms with Crippen molar-refractivity contribution in [2.24, 2.45) is 5.92 Å². The fourth-order valence-corrected chi connectivity index (χ4v) is 2.44. The van der Waals surface area contributed by atoms with E-state index < -0.39 is 11.6 Å². The van der Waals surface area contributed by atoms with Crippen LogP contribution in [0.3, 0.4) is 0 Å². The Hall–Kier alpha value is -1.65. The van der Waals surface area contributed by atoms with Gasteiger partial charge in [0.25, 0.3) is 0 Å². The number of carbonyl (C=O) groups excluding carboxylic acids is 1. The van der Waals surface area contributed by atoms with Gasteiger partial charge in [0.1, 0.15) is 0 Å². The van der Waals surface area contributed by atoms with E-state index in [1.807, 2.05) is 0 Å². The highest BCUT2D eigenvalue weighted by molar-refractivity contribution is 5.72. The van der Waals surface area contributed by atoms with Crippen LogP contribution in [0.15, 0.2) is 18.2 Å². The second-order valence-electron chi connectivity index (χ2n) is 4.89. The molecule has 1 aliphatic rings. The van der Waals surface area contributed by atoms with Gasteiger partial charge in [-0.1, -0.05) is 6.07 Å². The third kappa shape index (κ3) is 3.46. The van der Waals surface area contributed by atoms with E-state index in [1.165, 1.54) is 18.2 Å². The number of halogens is 2. The van der Waals surface area contributed by atoms with Gasteiger partial charge < -0.3 is 9.47 Å². The van der Waals surface area contributed by atoms with Crippen molar-refractivity contribution in [3.05, 3.63) is 29.8 Å². The van der Waals surface area contributed by atoms with Gasteiger partial charge in [0, 0.05) is 0 Å². The summed E-state index contributed by atoms with van der Waals surface area (Å²) in [6, 6.07) is 3.64. The van der Waals surface area contributed by atoms with Crippen LogP contribution in [-0.4, -0.2) is 18.7 Å². The Morgan fingerprint density at radius 2 is 1.80 bits per heavy atom. The molecule has 5 heteroatoms. The average molecular weight is 284 g/mol. The van der Waals surface area contributed by atoms with Crippen molar-refractivity contribution in [2.45, 2.75) is 38.7 Å². The number of benzene rings is 1. The van der Waals surface area contributed by atoms with Gasteiger partial charge in [0.05, 0.1) is 18.6 Å². The van der Waals surface area contributed by atoms with Gasteiger partial charge in [0.2, 0.25) is 0 Å². The molecule has 1 fully saturated rings. The van der Waals surface area contributed by atoms with Gasteiger partial charge in [-0.3, -0.25) is 4.79 Å². The Morgan fingerprint density at radius 1 is 1.20 bits per heavy atom. The molecule has 1 aromatic carbocycles. The minimum absolute atomic E-state index is 0.125. The first-order chi connectivity index (χ1) is 9.61. The van der Waals surface area contributed by atoms with Crippen LogP contribution in [-0.2, 0) is 9.53 Å². The maximum Gasteiger partial charge on any atom is 0.308 e. The summed E-state index contributed by atoms with van der Waals surface area (Å²) in [6.45, 7) is 2.14. The molecule has 0 heterocycles. The zero-order chi connectivity index (χ0) is 14.5. The normalized spacial score (nSPS) is 22.4. The molecule has 3 nitrogen and oxygen atoms in total. The quantitative estimate of drug-likeness (QED) is 0.794. The van der Waals surface area contributed by atoms with Crippen LogP contribution < -0.4 is 4.74 Å². The molecule has 1 aliphatic carbocycles. The van der Waals surface area contributed by atoms with Gasteiger partial charge in [0.15, 0.2) is 17.4 Å². The molecule has 0 spiro atoms. The van der Waals surface area contributed by atoms with Crippen LogP contribution in [0.2, 0.25) is 0 Å². The molecular formula is C15H18F2O3. The number of esters is 1. The molecular weight excluding hydrogens is 266 g/mol. The number of para-hydroxylation sites is 1. The van der Waals surface area contributed by atoms with Gasteiger partial charge in [-0.25, -0.2) is 8.78 Å². The van der Waals surface area contributed by atoms with Crippen molar-refractivity contribution in [3.63, 3.8) is 0 Å². The van der Waals surface area contributed by atoms with Gasteiger partial charge in [-0.2, -0.15) is 0 Å². The fourth-order valence-electron chi connectivity index (χ4n) is 2.44. The van der Waals surface area contributed by atoms with Crippen LogP contribution in [0.5, 0.6) is 5.75 Å². The van der Waals surface area contributed by atoms with Crippen molar-refractivity contribution in [1.29, 1.82) is 0 Å². The van der Waals surface area contributed by atoms with Crippen LogP contribution in [0.25, 0.3) is 0 Å². The molecule has 1 aromatic rings. The molecule has 2 rings (SSSR count). The van der Waals surface area contributed by atoms with Crippen molar-refractivity contribution < 1.29 is 23.0 Å². The third-order valence-corrected chi connectivity index (χ3v) is 3.50. The van der Waals surface area contributed by atoms with E-state index in [1.54, 1.807) is 6.92 Å². The molecule has 0 radical (unpaired) electrons. The first-order valence-corrected chi connectivity index (χ1v) is 6.89. The Kier molecular flexibility index (Phi) is 4.93. The standard InChI is InChI=1S/C15H18F2O3/c1-2-19-15(18)10-6-8-11(9-7-10)20-14-12(16)4-3-5-13(14)17/h3-5,10-11H,2,6-9H2,1H3. The molecule has 0 saturated heterocycles. The summed E-state index contributed by atoms with van der Waals surface area (Å²) in [4.78, 5) is 11.6. The number of carbonyl (C=O) groups is 1. The van der Waals surface area contributed by atoms with Gasteiger partial charge in [-0.05, 0) is 44.7 Å². The minimum atomic E-state index is -0.697. The predicted molar refractivity (Wildman–Crippen MR) is 69.4 cm³/mol. The Bertz CT molecular complexity index is 448. The Labute approximate surface area is 116 Å². The van der Waals surface area contributed by atoms with E-state index >= 15 is 0 Å². The molecule has 110 valence electrons. The molecule has 0 amide bonds. The van der Waals surface area contributed by atoms with Crippen LogP contribution >= 0.6 is 0 Å². The Morgan fingerprint density at radius 3 is 2.35 bits per heavy atom. The summed E-state index contributed by atoms with van der Waals surface area (Å²) in [6.07, 6.45) is 2.18. The monoisotopic (exact) mass is 284 g/mol. The minimum Gasteiger partial charge on any atom is -0.484 e. The van der Waals surface area contributed by atoms with E-state index in [4.69, 9.17) is 9.47 Å². The summed E-state index contributed by atoms with van der Waals surface area (Å²) in [5.74, 6) is -2.04. The molecule has 0 unspecified atom stereocenters. The first-order valence-electron chi connectivity index (χ1n) is 6.89. The topological polar surface area (TPSA) is 35.5 Å². The zero-order valence-corrected chi connectivity index (χ0v) is 11.4. The lowest BCUT2D eigenvalue weighted by Gasteiger charge is -2.27. The van der Waals surface area contributed by atoms with E-state index in [2.05, 4.69) is 0 Å². The highest BCUT2D eigenvalue weighted by Gasteiger charge is 2.29. The van der Waals surface area contributed by atoms with E-state index in [0.29, 0.717) is 32.3 Å². The third-order valence-electron chi connectivity index (χ3n) is 3.50. The SMILES string of the molecule is CCOC(=O)C1CCC(Oc2c(F)cccc2F)CC1. The molecule has 0 aromatic heterocycles. The second kappa shape index (κ2) is 6.68. The maximum atomic E-state index is 13.5. The lowest BCUT2D eigenvalue weighted by atomic mass is 9.87. The van der Waals surface area contributed by atoms with Gasteiger partial charge >= 0.3 is 5.97 Å².